The van der Waals surface area contributed by atoms with Gasteiger partial charge in [-0.25, -0.2) is 9.37 Å². The third-order valence-corrected chi connectivity index (χ3v) is 6.10. The molecule has 2 aromatic heterocycles. The third kappa shape index (κ3) is 4.26. The average molecular weight is 412 g/mol. The lowest BCUT2D eigenvalue weighted by Crippen LogP contribution is -2.30. The van der Waals surface area contributed by atoms with Gasteiger partial charge in [-0.2, -0.15) is 0 Å². The zero-order chi connectivity index (χ0) is 19.5. The van der Waals surface area contributed by atoms with Crippen molar-refractivity contribution in [3.8, 4) is 0 Å². The first-order valence-corrected chi connectivity index (χ1v) is 10.6. The summed E-state index contributed by atoms with van der Waals surface area (Å²) in [7, 11) is 0. The van der Waals surface area contributed by atoms with Gasteiger partial charge in [0, 0.05) is 4.88 Å². The van der Waals surface area contributed by atoms with Crippen LogP contribution in [0.3, 0.4) is 0 Å². The van der Waals surface area contributed by atoms with E-state index in [1.54, 1.807) is 23.5 Å². The summed E-state index contributed by atoms with van der Waals surface area (Å²) < 4.78 is 13.3. The Hall–Kier alpha value is -2.64. The number of thiophene rings is 1. The molecule has 2 N–H and O–H groups in total. The predicted octanol–water partition coefficient (Wildman–Crippen LogP) is 5.07. The number of nitrogens with zero attached hydrogens (tertiary/aromatic N) is 1. The number of thioether (sulfide) groups is 1. The van der Waals surface area contributed by atoms with Gasteiger partial charge in [-0.15, -0.1) is 11.3 Å². The molecule has 2 aromatic carbocycles. The Kier molecular flexibility index (Phi) is 5.45. The lowest BCUT2D eigenvalue weighted by molar-refractivity contribution is -0.119. The molecule has 4 nitrogen and oxygen atoms in total. The van der Waals surface area contributed by atoms with Gasteiger partial charge in [-0.05, 0) is 53.8 Å². The number of carbonyl (C=O) groups is 1. The first kappa shape index (κ1) is 18.7. The van der Waals surface area contributed by atoms with Crippen molar-refractivity contribution >= 4 is 40.0 Å². The Balaban J connectivity index is 1.46. The molecule has 0 aliphatic heterocycles. The van der Waals surface area contributed by atoms with Gasteiger partial charge in [0.25, 0.3) is 0 Å². The molecule has 0 unspecified atom stereocenters. The number of aryl methyl sites for hydroxylation is 1. The first-order chi connectivity index (χ1) is 13.6. The van der Waals surface area contributed by atoms with E-state index in [-0.39, 0.29) is 23.5 Å². The first-order valence-electron chi connectivity index (χ1n) is 8.76. The van der Waals surface area contributed by atoms with Crippen LogP contribution in [0.4, 0.5) is 4.39 Å². The zero-order valence-electron chi connectivity index (χ0n) is 15.1. The molecule has 1 amide bonds. The number of rotatable bonds is 6. The summed E-state index contributed by atoms with van der Waals surface area (Å²) in [5, 5.41) is 5.73. The van der Waals surface area contributed by atoms with Gasteiger partial charge in [0.15, 0.2) is 5.16 Å². The van der Waals surface area contributed by atoms with Gasteiger partial charge in [0.1, 0.15) is 5.82 Å². The van der Waals surface area contributed by atoms with Crippen molar-refractivity contribution in [2.45, 2.75) is 18.1 Å². The number of fused-ring (bicyclic) bond motifs is 1. The van der Waals surface area contributed by atoms with E-state index in [1.807, 2.05) is 42.6 Å². The van der Waals surface area contributed by atoms with Crippen LogP contribution in [0.15, 0.2) is 65.1 Å². The summed E-state index contributed by atoms with van der Waals surface area (Å²) in [6.07, 6.45) is 0. The monoisotopic (exact) mass is 411 g/mol. The van der Waals surface area contributed by atoms with E-state index in [0.717, 1.165) is 27.0 Å². The number of imidazole rings is 1. The van der Waals surface area contributed by atoms with Gasteiger partial charge >= 0.3 is 0 Å². The number of benzene rings is 2. The number of H-pyrrole nitrogens is 1. The van der Waals surface area contributed by atoms with Gasteiger partial charge in [0.05, 0.1) is 22.8 Å². The highest BCUT2D eigenvalue weighted by Gasteiger charge is 2.18. The maximum Gasteiger partial charge on any atom is 0.231 e. The van der Waals surface area contributed by atoms with E-state index in [4.69, 9.17) is 0 Å². The van der Waals surface area contributed by atoms with Crippen molar-refractivity contribution in [2.24, 2.45) is 0 Å². The normalized spacial score (nSPS) is 12.2. The van der Waals surface area contributed by atoms with Crippen LogP contribution in [0, 0.1) is 12.7 Å². The summed E-state index contributed by atoms with van der Waals surface area (Å²) in [5.41, 5.74) is 3.85. The number of carbonyl (C=O) groups excluding carboxylic acids is 1. The molecule has 28 heavy (non-hydrogen) atoms. The Morgan fingerprint density at radius 3 is 2.82 bits per heavy atom. The molecule has 0 aliphatic rings. The zero-order valence-corrected chi connectivity index (χ0v) is 16.7. The van der Waals surface area contributed by atoms with Crippen molar-refractivity contribution in [3.63, 3.8) is 0 Å². The van der Waals surface area contributed by atoms with Crippen LogP contribution < -0.4 is 5.32 Å². The molecule has 0 fully saturated rings. The molecule has 7 heteroatoms. The number of amides is 1. The second-order valence-corrected chi connectivity index (χ2v) is 8.36. The van der Waals surface area contributed by atoms with Crippen molar-refractivity contribution in [1.82, 2.24) is 15.3 Å². The Labute approximate surface area is 170 Å². The molecule has 142 valence electrons. The molecule has 0 saturated carbocycles. The number of nitrogens with one attached hydrogen (secondary N) is 2. The fourth-order valence-corrected chi connectivity index (χ4v) is 4.43. The Bertz CT molecular complexity index is 1090. The molecule has 0 saturated heterocycles. The molecular weight excluding hydrogens is 393 g/mol. The van der Waals surface area contributed by atoms with E-state index in [0.29, 0.717) is 5.16 Å². The minimum absolute atomic E-state index is 0.107. The molecule has 0 spiro atoms. The van der Waals surface area contributed by atoms with Crippen molar-refractivity contribution < 1.29 is 9.18 Å². The van der Waals surface area contributed by atoms with Crippen LogP contribution in [0.2, 0.25) is 0 Å². The molecule has 2 heterocycles. The number of halogens is 1. The van der Waals surface area contributed by atoms with E-state index in [9.17, 15) is 9.18 Å². The Morgan fingerprint density at radius 1 is 1.25 bits per heavy atom. The van der Waals surface area contributed by atoms with Crippen molar-refractivity contribution in [2.75, 3.05) is 5.75 Å². The average Bonchev–Trinajstić information content (AvgIpc) is 3.34. The van der Waals surface area contributed by atoms with E-state index in [2.05, 4.69) is 15.3 Å². The van der Waals surface area contributed by atoms with Gasteiger partial charge in [0.2, 0.25) is 5.91 Å². The van der Waals surface area contributed by atoms with Crippen LogP contribution in [-0.2, 0) is 4.79 Å². The molecule has 4 rings (SSSR count). The molecule has 0 radical (unpaired) electrons. The highest BCUT2D eigenvalue weighted by Crippen LogP contribution is 2.27. The highest BCUT2D eigenvalue weighted by molar-refractivity contribution is 7.99. The number of aromatic nitrogens is 2. The summed E-state index contributed by atoms with van der Waals surface area (Å²) >= 11 is 2.92. The van der Waals surface area contributed by atoms with Gasteiger partial charge < -0.3 is 10.3 Å². The van der Waals surface area contributed by atoms with Crippen LogP contribution in [0.5, 0.6) is 0 Å². The molecule has 4 aromatic rings. The molecule has 0 bridgehead atoms. The highest BCUT2D eigenvalue weighted by atomic mass is 32.2. The largest absolute Gasteiger partial charge is 0.344 e. The molecular formula is C21H18FN3OS2. The lowest BCUT2D eigenvalue weighted by atomic mass is 10.1. The molecule has 1 atom stereocenters. The number of aromatic amines is 1. The fraction of sp³-hybridized carbons (Fsp3) is 0.143. The van der Waals surface area contributed by atoms with Crippen LogP contribution in [-0.4, -0.2) is 21.6 Å². The summed E-state index contributed by atoms with van der Waals surface area (Å²) in [5.74, 6) is -0.165. The Morgan fingerprint density at radius 2 is 2.07 bits per heavy atom. The van der Waals surface area contributed by atoms with Crippen LogP contribution >= 0.6 is 23.1 Å². The van der Waals surface area contributed by atoms with Gasteiger partial charge in [-0.1, -0.05) is 36.0 Å². The topological polar surface area (TPSA) is 57.8 Å². The molecule has 0 aliphatic carbocycles. The second-order valence-electron chi connectivity index (χ2n) is 6.42. The van der Waals surface area contributed by atoms with Crippen LogP contribution in [0.25, 0.3) is 11.0 Å². The van der Waals surface area contributed by atoms with E-state index >= 15 is 0 Å². The summed E-state index contributed by atoms with van der Waals surface area (Å²) in [6, 6.07) is 15.8. The third-order valence-electron chi connectivity index (χ3n) is 4.29. The quantitative estimate of drug-likeness (QED) is 0.436. The number of hydrogen-bond acceptors (Lipinski definition) is 4. The summed E-state index contributed by atoms with van der Waals surface area (Å²) in [6.45, 7) is 2.03. The maximum absolute atomic E-state index is 13.3. The van der Waals surface area contributed by atoms with Crippen molar-refractivity contribution in [3.05, 3.63) is 81.8 Å². The maximum atomic E-state index is 13.3. The second kappa shape index (κ2) is 8.16. The van der Waals surface area contributed by atoms with E-state index < -0.39 is 0 Å². The predicted molar refractivity (Wildman–Crippen MR) is 112 cm³/mol. The lowest BCUT2D eigenvalue weighted by Gasteiger charge is -2.18. The van der Waals surface area contributed by atoms with Gasteiger partial charge in [-0.3, -0.25) is 4.79 Å². The fourth-order valence-electron chi connectivity index (χ4n) is 2.93. The van der Waals surface area contributed by atoms with Crippen molar-refractivity contribution in [1.29, 1.82) is 0 Å². The van der Waals surface area contributed by atoms with Crippen LogP contribution in [0.1, 0.15) is 22.0 Å². The number of hydrogen-bond donors (Lipinski definition) is 2. The smallest absolute Gasteiger partial charge is 0.231 e. The standard InChI is InChI=1S/C21H18FN3OS2/c1-13-4-9-16-17(11-13)24-21(23-16)28-12-19(26)25-20(18-3-2-10-27-18)14-5-7-15(22)8-6-14/h2-11,20H,12H2,1H3,(H,23,24)(H,25,26)/t20-/m1/s1. The van der Waals surface area contributed by atoms with E-state index in [1.165, 1.54) is 23.9 Å². The summed E-state index contributed by atoms with van der Waals surface area (Å²) in [4.78, 5) is 21.3. The minimum atomic E-state index is -0.299. The minimum Gasteiger partial charge on any atom is -0.344 e. The SMILES string of the molecule is Cc1ccc2nc(SCC(=O)N[C@H](c3ccc(F)cc3)c3cccs3)[nH]c2c1.